The predicted molar refractivity (Wildman–Crippen MR) is 59.0 cm³/mol. The quantitative estimate of drug-likeness (QED) is 0.644. The fraction of sp³-hybridized carbons (Fsp3) is 1.00. The molecule has 0 aliphatic rings. The lowest BCUT2D eigenvalue weighted by Gasteiger charge is -2.40. The molecule has 0 spiro atoms. The Morgan fingerprint density at radius 2 is 1.54 bits per heavy atom. The first-order chi connectivity index (χ1) is 5.75. The summed E-state index contributed by atoms with van der Waals surface area (Å²) in [6, 6.07) is 0. The largest absolute Gasteiger partial charge is 0.369 e. The summed E-state index contributed by atoms with van der Waals surface area (Å²) in [7, 11) is 0. The van der Waals surface area contributed by atoms with Crippen molar-refractivity contribution in [1.82, 2.24) is 0 Å². The van der Waals surface area contributed by atoms with Crippen molar-refractivity contribution in [2.45, 2.75) is 72.5 Å². The molecule has 0 aromatic rings. The molecular weight excluding hydrogens is 160 g/mol. The molecule has 0 amide bonds. The molecule has 1 heteroatoms. The van der Waals surface area contributed by atoms with E-state index in [0.717, 1.165) is 6.42 Å². The van der Waals surface area contributed by atoms with Crippen molar-refractivity contribution in [1.29, 1.82) is 0 Å². The summed E-state index contributed by atoms with van der Waals surface area (Å²) >= 11 is 0. The van der Waals surface area contributed by atoms with E-state index in [0.29, 0.717) is 5.92 Å². The van der Waals surface area contributed by atoms with E-state index in [2.05, 4.69) is 48.5 Å². The third-order valence-corrected chi connectivity index (χ3v) is 2.90. The van der Waals surface area contributed by atoms with E-state index in [1.54, 1.807) is 0 Å². The lowest BCUT2D eigenvalue weighted by Crippen LogP contribution is -2.42. The molecule has 0 radical (unpaired) electrons. The van der Waals surface area contributed by atoms with Crippen molar-refractivity contribution >= 4 is 0 Å². The van der Waals surface area contributed by atoms with Gasteiger partial charge in [0.15, 0.2) is 0 Å². The van der Waals surface area contributed by atoms with E-state index in [1.807, 2.05) is 0 Å². The normalized spacial score (nSPS) is 19.6. The molecule has 0 saturated heterocycles. The maximum atomic E-state index is 6.13. The predicted octanol–water partition coefficient (Wildman–Crippen LogP) is 4.02. The van der Waals surface area contributed by atoms with Gasteiger partial charge in [0, 0.05) is 0 Å². The number of hydrogen-bond acceptors (Lipinski definition) is 1. The highest BCUT2D eigenvalue weighted by Gasteiger charge is 2.33. The molecule has 13 heavy (non-hydrogen) atoms. The molecule has 0 heterocycles. The summed E-state index contributed by atoms with van der Waals surface area (Å²) in [5, 5.41) is 0. The monoisotopic (exact) mass is 186 g/mol. The smallest absolute Gasteiger partial charge is 0.0684 e. The maximum absolute atomic E-state index is 6.13. The fourth-order valence-electron chi connectivity index (χ4n) is 1.65. The van der Waals surface area contributed by atoms with Crippen molar-refractivity contribution in [2.75, 3.05) is 0 Å². The number of hydrogen-bond donors (Lipinski definition) is 0. The molecule has 0 fully saturated rings. The van der Waals surface area contributed by atoms with Gasteiger partial charge in [-0.15, -0.1) is 0 Å². The van der Waals surface area contributed by atoms with Crippen molar-refractivity contribution < 1.29 is 4.74 Å². The second-order valence-electron chi connectivity index (χ2n) is 5.19. The van der Waals surface area contributed by atoms with E-state index in [9.17, 15) is 0 Å². The van der Waals surface area contributed by atoms with Crippen molar-refractivity contribution in [3.05, 3.63) is 0 Å². The Kier molecular flexibility index (Phi) is 4.44. The Labute approximate surface area is 83.9 Å². The molecule has 2 unspecified atom stereocenters. The third-order valence-electron chi connectivity index (χ3n) is 2.90. The first-order valence-electron chi connectivity index (χ1n) is 5.45. The molecule has 0 aromatic carbocycles. The Hall–Kier alpha value is -0.0400. The Morgan fingerprint density at radius 3 is 1.77 bits per heavy atom. The van der Waals surface area contributed by atoms with Gasteiger partial charge in [-0.25, -0.2) is 0 Å². The summed E-state index contributed by atoms with van der Waals surface area (Å²) in [5.41, 5.74) is 0.00118. The van der Waals surface area contributed by atoms with E-state index in [-0.39, 0.29) is 11.2 Å². The first kappa shape index (κ1) is 13.0. The lowest BCUT2D eigenvalue weighted by molar-refractivity contribution is -0.150. The summed E-state index contributed by atoms with van der Waals surface area (Å²) in [6.07, 6.45) is 2.26. The van der Waals surface area contributed by atoms with Crippen LogP contribution in [0.1, 0.15) is 61.3 Å². The highest BCUT2D eigenvalue weighted by Crippen LogP contribution is 2.32. The van der Waals surface area contributed by atoms with Crippen LogP contribution < -0.4 is 0 Å². The molecule has 0 aromatic heterocycles. The number of rotatable bonds is 4. The average molecular weight is 186 g/mol. The first-order valence-corrected chi connectivity index (χ1v) is 5.45. The van der Waals surface area contributed by atoms with E-state index in [1.165, 1.54) is 6.42 Å². The van der Waals surface area contributed by atoms with Crippen molar-refractivity contribution in [3.8, 4) is 0 Å². The van der Waals surface area contributed by atoms with E-state index in [4.69, 9.17) is 4.74 Å². The van der Waals surface area contributed by atoms with Gasteiger partial charge in [-0.3, -0.25) is 0 Å². The van der Waals surface area contributed by atoms with Crippen molar-refractivity contribution in [2.24, 2.45) is 5.92 Å². The van der Waals surface area contributed by atoms with Gasteiger partial charge in [-0.05, 0) is 40.0 Å². The van der Waals surface area contributed by atoms with Crippen LogP contribution in [0.5, 0.6) is 0 Å². The SMILES string of the molecule is CCC(C)C(C)(CC)OC(C)(C)C. The Bertz CT molecular complexity index is 146. The Morgan fingerprint density at radius 1 is 1.08 bits per heavy atom. The molecule has 0 aliphatic heterocycles. The minimum Gasteiger partial charge on any atom is -0.369 e. The molecule has 0 aliphatic carbocycles. The van der Waals surface area contributed by atoms with Crippen LogP contribution in [0.4, 0.5) is 0 Å². The van der Waals surface area contributed by atoms with Crippen LogP contribution in [-0.4, -0.2) is 11.2 Å². The molecule has 2 atom stereocenters. The zero-order valence-corrected chi connectivity index (χ0v) is 10.4. The topological polar surface area (TPSA) is 9.23 Å². The summed E-state index contributed by atoms with van der Waals surface area (Å²) in [4.78, 5) is 0. The summed E-state index contributed by atoms with van der Waals surface area (Å²) in [5.74, 6) is 0.622. The van der Waals surface area contributed by atoms with Gasteiger partial charge in [0.25, 0.3) is 0 Å². The van der Waals surface area contributed by atoms with Crippen LogP contribution in [-0.2, 0) is 4.74 Å². The maximum Gasteiger partial charge on any atom is 0.0684 e. The Balaban J connectivity index is 4.45. The van der Waals surface area contributed by atoms with E-state index < -0.39 is 0 Å². The van der Waals surface area contributed by atoms with Crippen LogP contribution in [0.2, 0.25) is 0 Å². The third kappa shape index (κ3) is 4.12. The summed E-state index contributed by atoms with van der Waals surface area (Å²) < 4.78 is 6.13. The van der Waals surface area contributed by atoms with Gasteiger partial charge in [-0.2, -0.15) is 0 Å². The van der Waals surface area contributed by atoms with Gasteiger partial charge in [-0.1, -0.05) is 27.2 Å². The molecule has 0 N–H and O–H groups in total. The van der Waals surface area contributed by atoms with Gasteiger partial charge < -0.3 is 4.74 Å². The van der Waals surface area contributed by atoms with Crippen LogP contribution in [0.25, 0.3) is 0 Å². The molecule has 0 bridgehead atoms. The lowest BCUT2D eigenvalue weighted by atomic mass is 9.85. The van der Waals surface area contributed by atoms with Crippen LogP contribution in [0.15, 0.2) is 0 Å². The standard InChI is InChI=1S/C12H26O/c1-8-10(3)12(7,9-2)13-11(4,5)6/h10H,8-9H2,1-7H3. The zero-order valence-electron chi connectivity index (χ0n) is 10.4. The van der Waals surface area contributed by atoms with Crippen LogP contribution in [0, 0.1) is 5.92 Å². The van der Waals surface area contributed by atoms with Crippen LogP contribution in [0.3, 0.4) is 0 Å². The molecule has 80 valence electrons. The van der Waals surface area contributed by atoms with Gasteiger partial charge in [0.05, 0.1) is 11.2 Å². The van der Waals surface area contributed by atoms with Gasteiger partial charge in [0.2, 0.25) is 0 Å². The highest BCUT2D eigenvalue weighted by molar-refractivity contribution is 4.82. The molecule has 0 rings (SSSR count). The fourth-order valence-corrected chi connectivity index (χ4v) is 1.65. The van der Waals surface area contributed by atoms with Crippen LogP contribution >= 0.6 is 0 Å². The number of ether oxygens (including phenoxy) is 1. The minimum atomic E-state index is -0.0335. The van der Waals surface area contributed by atoms with Gasteiger partial charge in [0.1, 0.15) is 0 Å². The zero-order chi connectivity index (χ0) is 10.7. The molecule has 0 saturated carbocycles. The van der Waals surface area contributed by atoms with Crippen molar-refractivity contribution in [3.63, 3.8) is 0 Å². The summed E-state index contributed by atoms with van der Waals surface area (Å²) in [6.45, 7) is 15.3. The van der Waals surface area contributed by atoms with Gasteiger partial charge >= 0.3 is 0 Å². The average Bonchev–Trinajstić information content (AvgIpc) is 1.99. The minimum absolute atomic E-state index is 0.0335. The van der Waals surface area contributed by atoms with E-state index >= 15 is 0 Å². The second kappa shape index (κ2) is 4.45. The second-order valence-corrected chi connectivity index (χ2v) is 5.19. The molecule has 1 nitrogen and oxygen atoms in total. The molecular formula is C12H26O. The highest BCUT2D eigenvalue weighted by atomic mass is 16.5.